The van der Waals surface area contributed by atoms with Crippen LogP contribution in [0.2, 0.25) is 0 Å². The minimum Gasteiger partial charge on any atom is -0.492 e. The first-order valence-corrected chi connectivity index (χ1v) is 7.36. The molecule has 21 heavy (non-hydrogen) atoms. The van der Waals surface area contributed by atoms with Gasteiger partial charge in [0.15, 0.2) is 0 Å². The van der Waals surface area contributed by atoms with E-state index in [9.17, 15) is 4.79 Å². The van der Waals surface area contributed by atoms with E-state index in [1.807, 2.05) is 37.3 Å². The molecule has 0 amide bonds. The zero-order valence-corrected chi connectivity index (χ0v) is 13.3. The molecule has 0 unspecified atom stereocenters. The summed E-state index contributed by atoms with van der Waals surface area (Å²) in [6, 6.07) is 9.85. The third-order valence-corrected chi connectivity index (χ3v) is 3.63. The molecule has 118 valence electrons. The Morgan fingerprint density at radius 2 is 1.90 bits per heavy atom. The van der Waals surface area contributed by atoms with Crippen molar-refractivity contribution in [2.45, 2.75) is 19.8 Å². The predicted octanol–water partition coefficient (Wildman–Crippen LogP) is 2.76. The second kappa shape index (κ2) is 9.64. The fourth-order valence-electron chi connectivity index (χ4n) is 2.46. The molecular formula is C16H24ClNO3. The summed E-state index contributed by atoms with van der Waals surface area (Å²) in [6.45, 7) is 5.82. The number of piperidine rings is 1. The molecule has 2 rings (SSSR count). The van der Waals surface area contributed by atoms with Gasteiger partial charge in [-0.3, -0.25) is 9.69 Å². The molecule has 1 aliphatic heterocycles. The van der Waals surface area contributed by atoms with Gasteiger partial charge >= 0.3 is 5.97 Å². The van der Waals surface area contributed by atoms with Crippen LogP contribution in [0.3, 0.4) is 0 Å². The maximum Gasteiger partial charge on any atom is 0.309 e. The van der Waals surface area contributed by atoms with Gasteiger partial charge in [-0.1, -0.05) is 18.2 Å². The normalized spacial score (nSPS) is 16.0. The minimum atomic E-state index is -0.0346. The monoisotopic (exact) mass is 313 g/mol. The average Bonchev–Trinajstić information content (AvgIpc) is 2.49. The highest BCUT2D eigenvalue weighted by Crippen LogP contribution is 2.18. The van der Waals surface area contributed by atoms with Crippen molar-refractivity contribution in [3.8, 4) is 5.75 Å². The Bertz CT molecular complexity index is 405. The van der Waals surface area contributed by atoms with Gasteiger partial charge in [0.2, 0.25) is 0 Å². The van der Waals surface area contributed by atoms with E-state index in [4.69, 9.17) is 9.47 Å². The molecule has 1 aromatic carbocycles. The second-order valence-electron chi connectivity index (χ2n) is 5.03. The summed E-state index contributed by atoms with van der Waals surface area (Å²) in [6.07, 6.45) is 1.79. The van der Waals surface area contributed by atoms with Gasteiger partial charge in [-0.2, -0.15) is 0 Å². The lowest BCUT2D eigenvalue weighted by atomic mass is 9.97. The summed E-state index contributed by atoms with van der Waals surface area (Å²) >= 11 is 0. The van der Waals surface area contributed by atoms with Gasteiger partial charge in [0.1, 0.15) is 12.4 Å². The van der Waals surface area contributed by atoms with Crippen molar-refractivity contribution in [2.24, 2.45) is 5.92 Å². The number of ether oxygens (including phenoxy) is 2. The number of halogens is 1. The van der Waals surface area contributed by atoms with E-state index in [0.29, 0.717) is 13.2 Å². The maximum atomic E-state index is 11.6. The van der Waals surface area contributed by atoms with Crippen LogP contribution in [-0.4, -0.2) is 43.7 Å². The lowest BCUT2D eigenvalue weighted by Gasteiger charge is -2.30. The van der Waals surface area contributed by atoms with Crippen molar-refractivity contribution >= 4 is 18.4 Å². The molecule has 0 aromatic heterocycles. The molecule has 5 heteroatoms. The van der Waals surface area contributed by atoms with Crippen LogP contribution in [0.5, 0.6) is 5.75 Å². The van der Waals surface area contributed by atoms with Crippen LogP contribution >= 0.6 is 12.4 Å². The number of hydrogen-bond donors (Lipinski definition) is 0. The smallest absolute Gasteiger partial charge is 0.309 e. The summed E-state index contributed by atoms with van der Waals surface area (Å²) in [5, 5.41) is 0. The molecule has 0 radical (unpaired) electrons. The Morgan fingerprint density at radius 1 is 1.24 bits per heavy atom. The van der Waals surface area contributed by atoms with Gasteiger partial charge in [0.05, 0.1) is 12.5 Å². The summed E-state index contributed by atoms with van der Waals surface area (Å²) in [7, 11) is 0. The Labute approximate surface area is 132 Å². The zero-order chi connectivity index (χ0) is 14.2. The molecule has 1 heterocycles. The fourth-order valence-corrected chi connectivity index (χ4v) is 2.46. The minimum absolute atomic E-state index is 0. The topological polar surface area (TPSA) is 38.8 Å². The number of carbonyl (C=O) groups excluding carboxylic acids is 1. The molecular weight excluding hydrogens is 290 g/mol. The van der Waals surface area contributed by atoms with E-state index >= 15 is 0 Å². The van der Waals surface area contributed by atoms with Crippen LogP contribution in [0.4, 0.5) is 0 Å². The van der Waals surface area contributed by atoms with Crippen molar-refractivity contribution < 1.29 is 14.3 Å². The molecule has 0 saturated carbocycles. The first kappa shape index (κ1) is 17.8. The highest BCUT2D eigenvalue weighted by molar-refractivity contribution is 5.85. The molecule has 0 bridgehead atoms. The first-order chi connectivity index (χ1) is 9.79. The van der Waals surface area contributed by atoms with E-state index < -0.39 is 0 Å². The third kappa shape index (κ3) is 5.94. The molecule has 0 atom stereocenters. The van der Waals surface area contributed by atoms with Gasteiger partial charge < -0.3 is 9.47 Å². The molecule has 1 fully saturated rings. The molecule has 0 N–H and O–H groups in total. The van der Waals surface area contributed by atoms with Crippen molar-refractivity contribution in [3.05, 3.63) is 30.3 Å². The van der Waals surface area contributed by atoms with E-state index in [2.05, 4.69) is 4.90 Å². The summed E-state index contributed by atoms with van der Waals surface area (Å²) in [5.74, 6) is 0.961. The number of benzene rings is 1. The highest BCUT2D eigenvalue weighted by Gasteiger charge is 2.25. The van der Waals surface area contributed by atoms with Crippen molar-refractivity contribution in [1.82, 2.24) is 4.90 Å². The number of para-hydroxylation sites is 1. The standard InChI is InChI=1S/C16H23NO3.ClH/c1-2-19-16(18)14-8-10-17(11-9-14)12-13-20-15-6-4-3-5-7-15;/h3-7,14H,2,8-13H2,1H3;1H. The number of nitrogens with zero attached hydrogens (tertiary/aromatic N) is 1. The number of carbonyl (C=O) groups is 1. The van der Waals surface area contributed by atoms with Gasteiger partial charge in [-0.05, 0) is 45.0 Å². The van der Waals surface area contributed by atoms with E-state index in [-0.39, 0.29) is 24.3 Å². The maximum absolute atomic E-state index is 11.6. The van der Waals surface area contributed by atoms with Crippen molar-refractivity contribution in [1.29, 1.82) is 0 Å². The van der Waals surface area contributed by atoms with Crippen molar-refractivity contribution in [2.75, 3.05) is 32.8 Å². The summed E-state index contributed by atoms with van der Waals surface area (Å²) in [5.41, 5.74) is 0. The Hall–Kier alpha value is -1.26. The SMILES string of the molecule is CCOC(=O)C1CCN(CCOc2ccccc2)CC1.Cl. The number of hydrogen-bond acceptors (Lipinski definition) is 4. The summed E-state index contributed by atoms with van der Waals surface area (Å²) in [4.78, 5) is 14.0. The van der Waals surface area contributed by atoms with Crippen LogP contribution in [0.15, 0.2) is 30.3 Å². The molecule has 0 spiro atoms. The Morgan fingerprint density at radius 3 is 2.52 bits per heavy atom. The van der Waals surface area contributed by atoms with E-state index in [1.54, 1.807) is 0 Å². The van der Waals surface area contributed by atoms with E-state index in [0.717, 1.165) is 38.2 Å². The van der Waals surface area contributed by atoms with Crippen LogP contribution < -0.4 is 4.74 Å². The zero-order valence-electron chi connectivity index (χ0n) is 12.5. The predicted molar refractivity (Wildman–Crippen MR) is 85.0 cm³/mol. The lowest BCUT2D eigenvalue weighted by molar-refractivity contribution is -0.149. The quantitative estimate of drug-likeness (QED) is 0.757. The van der Waals surface area contributed by atoms with Gasteiger partial charge in [-0.15, -0.1) is 12.4 Å². The first-order valence-electron chi connectivity index (χ1n) is 7.36. The summed E-state index contributed by atoms with van der Waals surface area (Å²) < 4.78 is 10.8. The van der Waals surface area contributed by atoms with Crippen molar-refractivity contribution in [3.63, 3.8) is 0 Å². The number of likely N-dealkylation sites (tertiary alicyclic amines) is 1. The van der Waals surface area contributed by atoms with Gasteiger partial charge in [-0.25, -0.2) is 0 Å². The molecule has 0 aliphatic carbocycles. The molecule has 1 aliphatic rings. The lowest BCUT2D eigenvalue weighted by Crippen LogP contribution is -2.39. The molecule has 1 aromatic rings. The van der Waals surface area contributed by atoms with Crippen LogP contribution in [0, 0.1) is 5.92 Å². The highest BCUT2D eigenvalue weighted by atomic mass is 35.5. The largest absolute Gasteiger partial charge is 0.492 e. The Kier molecular flexibility index (Phi) is 8.16. The Balaban J connectivity index is 0.00000220. The second-order valence-corrected chi connectivity index (χ2v) is 5.03. The van der Waals surface area contributed by atoms with Gasteiger partial charge in [0.25, 0.3) is 0 Å². The van der Waals surface area contributed by atoms with Crippen LogP contribution in [0.25, 0.3) is 0 Å². The van der Waals surface area contributed by atoms with Crippen LogP contribution in [0.1, 0.15) is 19.8 Å². The van der Waals surface area contributed by atoms with E-state index in [1.165, 1.54) is 0 Å². The average molecular weight is 314 g/mol. The molecule has 4 nitrogen and oxygen atoms in total. The number of esters is 1. The number of rotatable bonds is 6. The fraction of sp³-hybridized carbons (Fsp3) is 0.562. The molecule has 1 saturated heterocycles. The van der Waals surface area contributed by atoms with Crippen LogP contribution in [-0.2, 0) is 9.53 Å². The van der Waals surface area contributed by atoms with Gasteiger partial charge in [0, 0.05) is 6.54 Å². The third-order valence-electron chi connectivity index (χ3n) is 3.63.